The minimum Gasteiger partial charge on any atom is -0.476 e. The Morgan fingerprint density at radius 1 is 1.44 bits per heavy atom. The van der Waals surface area contributed by atoms with Crippen LogP contribution in [0.3, 0.4) is 0 Å². The van der Waals surface area contributed by atoms with Gasteiger partial charge in [0.15, 0.2) is 0 Å². The minimum absolute atomic E-state index is 0.329. The Hall–Kier alpha value is -1.45. The summed E-state index contributed by atoms with van der Waals surface area (Å²) in [6, 6.07) is 3.58. The van der Waals surface area contributed by atoms with Crippen molar-refractivity contribution in [3.05, 3.63) is 12.1 Å². The molecular formula is C12H18N2O2. The van der Waals surface area contributed by atoms with Gasteiger partial charge in [0.2, 0.25) is 11.8 Å². The zero-order chi connectivity index (χ0) is 11.4. The maximum Gasteiger partial charge on any atom is 0.240 e. The summed E-state index contributed by atoms with van der Waals surface area (Å²) in [6.45, 7) is 2.68. The minimum atomic E-state index is 0.329. The largest absolute Gasteiger partial charge is 0.476 e. The number of nitrogen functional groups attached to an aromatic ring is 1. The highest BCUT2D eigenvalue weighted by Crippen LogP contribution is 2.27. The maximum atomic E-state index is 5.76. The lowest BCUT2D eigenvalue weighted by atomic mass is 9.96. The van der Waals surface area contributed by atoms with E-state index < -0.39 is 0 Å². The van der Waals surface area contributed by atoms with Crippen LogP contribution in [0.25, 0.3) is 0 Å². The lowest BCUT2D eigenvalue weighted by Crippen LogP contribution is -2.25. The van der Waals surface area contributed by atoms with Crippen LogP contribution in [-0.2, 0) is 0 Å². The van der Waals surface area contributed by atoms with Crippen molar-refractivity contribution >= 4 is 5.69 Å². The van der Waals surface area contributed by atoms with Crippen LogP contribution >= 0.6 is 0 Å². The lowest BCUT2D eigenvalue weighted by molar-refractivity contribution is 0.113. The number of nitrogens with two attached hydrogens (primary N) is 1. The van der Waals surface area contributed by atoms with E-state index in [9.17, 15) is 0 Å². The van der Waals surface area contributed by atoms with Crippen molar-refractivity contribution in [2.24, 2.45) is 0 Å². The van der Waals surface area contributed by atoms with E-state index >= 15 is 0 Å². The van der Waals surface area contributed by atoms with Crippen LogP contribution in [0, 0.1) is 0 Å². The second-order valence-corrected chi connectivity index (χ2v) is 4.06. The third kappa shape index (κ3) is 2.56. The summed E-state index contributed by atoms with van der Waals surface area (Å²) in [7, 11) is 0. The summed E-state index contributed by atoms with van der Waals surface area (Å²) in [5.41, 5.74) is 6.33. The molecule has 1 heterocycles. The number of hydrogen-bond donors (Lipinski definition) is 1. The van der Waals surface area contributed by atoms with Crippen LogP contribution < -0.4 is 15.2 Å². The summed E-state index contributed by atoms with van der Waals surface area (Å²) in [6.07, 6.45) is 4.76. The van der Waals surface area contributed by atoms with Gasteiger partial charge >= 0.3 is 0 Å². The van der Waals surface area contributed by atoms with Gasteiger partial charge in [-0.15, -0.1) is 0 Å². The molecule has 1 aliphatic carbocycles. The molecule has 1 fully saturated rings. The van der Waals surface area contributed by atoms with E-state index in [1.54, 1.807) is 12.1 Å². The molecule has 0 atom stereocenters. The van der Waals surface area contributed by atoms with Gasteiger partial charge in [0.05, 0.1) is 12.3 Å². The van der Waals surface area contributed by atoms with E-state index in [4.69, 9.17) is 15.2 Å². The van der Waals surface area contributed by atoms with Crippen molar-refractivity contribution in [1.29, 1.82) is 0 Å². The van der Waals surface area contributed by atoms with Crippen molar-refractivity contribution in [2.45, 2.75) is 38.7 Å². The third-order valence-electron chi connectivity index (χ3n) is 2.65. The molecule has 2 rings (SSSR count). The fraction of sp³-hybridized carbons (Fsp3) is 0.583. The molecule has 0 amide bonds. The topological polar surface area (TPSA) is 57.4 Å². The monoisotopic (exact) mass is 222 g/mol. The second-order valence-electron chi connectivity index (χ2n) is 4.06. The SMILES string of the molecule is CCCOc1nc(OC2CCC2)ccc1N. The molecule has 0 aliphatic heterocycles. The van der Waals surface area contributed by atoms with Gasteiger partial charge in [-0.2, -0.15) is 4.98 Å². The first-order chi connectivity index (χ1) is 7.79. The van der Waals surface area contributed by atoms with Gasteiger partial charge in [-0.3, -0.25) is 0 Å². The van der Waals surface area contributed by atoms with Crippen LogP contribution in [0.5, 0.6) is 11.8 Å². The Morgan fingerprint density at radius 2 is 2.25 bits per heavy atom. The van der Waals surface area contributed by atoms with Crippen molar-refractivity contribution in [2.75, 3.05) is 12.3 Å². The van der Waals surface area contributed by atoms with Gasteiger partial charge in [-0.1, -0.05) is 6.92 Å². The maximum absolute atomic E-state index is 5.76. The molecule has 16 heavy (non-hydrogen) atoms. The van der Waals surface area contributed by atoms with Crippen molar-refractivity contribution < 1.29 is 9.47 Å². The molecule has 88 valence electrons. The van der Waals surface area contributed by atoms with Crippen LogP contribution in [0.4, 0.5) is 5.69 Å². The number of anilines is 1. The summed E-state index contributed by atoms with van der Waals surface area (Å²) in [5.74, 6) is 1.10. The molecule has 1 aliphatic rings. The summed E-state index contributed by atoms with van der Waals surface area (Å²) >= 11 is 0. The van der Waals surface area contributed by atoms with Crippen molar-refractivity contribution in [3.63, 3.8) is 0 Å². The highest BCUT2D eigenvalue weighted by atomic mass is 16.5. The van der Waals surface area contributed by atoms with Gasteiger partial charge in [0.25, 0.3) is 0 Å². The van der Waals surface area contributed by atoms with E-state index in [-0.39, 0.29) is 0 Å². The Kier molecular flexibility index (Phi) is 3.49. The first kappa shape index (κ1) is 11.0. The average Bonchev–Trinajstić information content (AvgIpc) is 2.23. The Balaban J connectivity index is 2.01. The molecule has 0 radical (unpaired) electrons. The van der Waals surface area contributed by atoms with Crippen LogP contribution in [0.2, 0.25) is 0 Å². The molecule has 2 N–H and O–H groups in total. The molecule has 1 aromatic heterocycles. The van der Waals surface area contributed by atoms with Gasteiger partial charge in [-0.05, 0) is 31.7 Å². The lowest BCUT2D eigenvalue weighted by Gasteiger charge is -2.25. The molecule has 0 bridgehead atoms. The number of rotatable bonds is 5. The van der Waals surface area contributed by atoms with Crippen LogP contribution in [-0.4, -0.2) is 17.7 Å². The predicted octanol–water partition coefficient (Wildman–Crippen LogP) is 2.38. The molecule has 0 unspecified atom stereocenters. The third-order valence-corrected chi connectivity index (χ3v) is 2.65. The summed E-state index contributed by atoms with van der Waals surface area (Å²) in [4.78, 5) is 4.26. The number of aromatic nitrogens is 1. The molecular weight excluding hydrogens is 204 g/mol. The molecule has 0 spiro atoms. The molecule has 4 heteroatoms. The average molecular weight is 222 g/mol. The van der Waals surface area contributed by atoms with Crippen molar-refractivity contribution in [3.8, 4) is 11.8 Å². The van der Waals surface area contributed by atoms with E-state index in [0.29, 0.717) is 30.2 Å². The Morgan fingerprint density at radius 3 is 2.88 bits per heavy atom. The number of pyridine rings is 1. The smallest absolute Gasteiger partial charge is 0.240 e. The fourth-order valence-electron chi connectivity index (χ4n) is 1.47. The second kappa shape index (κ2) is 5.05. The summed E-state index contributed by atoms with van der Waals surface area (Å²) in [5, 5.41) is 0. The summed E-state index contributed by atoms with van der Waals surface area (Å²) < 4.78 is 11.1. The normalized spacial score (nSPS) is 15.6. The van der Waals surface area contributed by atoms with E-state index in [1.807, 2.05) is 6.92 Å². The molecule has 0 saturated heterocycles. The highest BCUT2D eigenvalue weighted by molar-refractivity contribution is 5.49. The standard InChI is InChI=1S/C12H18N2O2/c1-2-8-15-12-10(13)6-7-11(14-12)16-9-4-3-5-9/h6-7,9H,2-5,8,13H2,1H3. The first-order valence-corrected chi connectivity index (χ1v) is 5.85. The highest BCUT2D eigenvalue weighted by Gasteiger charge is 2.20. The predicted molar refractivity (Wildman–Crippen MR) is 62.7 cm³/mol. The number of nitrogens with zero attached hydrogens (tertiary/aromatic N) is 1. The van der Waals surface area contributed by atoms with Crippen LogP contribution in [0.1, 0.15) is 32.6 Å². The Bertz CT molecular complexity index is 351. The van der Waals surface area contributed by atoms with E-state index in [2.05, 4.69) is 4.98 Å². The molecule has 0 aromatic carbocycles. The van der Waals surface area contributed by atoms with Crippen LogP contribution in [0.15, 0.2) is 12.1 Å². The van der Waals surface area contributed by atoms with Crippen molar-refractivity contribution in [1.82, 2.24) is 4.98 Å². The quantitative estimate of drug-likeness (QED) is 0.831. The van der Waals surface area contributed by atoms with Gasteiger partial charge < -0.3 is 15.2 Å². The van der Waals surface area contributed by atoms with E-state index in [0.717, 1.165) is 19.3 Å². The zero-order valence-corrected chi connectivity index (χ0v) is 9.61. The number of ether oxygens (including phenoxy) is 2. The molecule has 1 saturated carbocycles. The van der Waals surface area contributed by atoms with E-state index in [1.165, 1.54) is 6.42 Å². The number of hydrogen-bond acceptors (Lipinski definition) is 4. The molecule has 4 nitrogen and oxygen atoms in total. The molecule has 1 aromatic rings. The fourth-order valence-corrected chi connectivity index (χ4v) is 1.47. The first-order valence-electron chi connectivity index (χ1n) is 5.85. The van der Waals surface area contributed by atoms with Gasteiger partial charge in [0.1, 0.15) is 6.10 Å². The zero-order valence-electron chi connectivity index (χ0n) is 9.61. The van der Waals surface area contributed by atoms with Gasteiger partial charge in [-0.25, -0.2) is 0 Å². The van der Waals surface area contributed by atoms with Gasteiger partial charge in [0, 0.05) is 6.07 Å². The Labute approximate surface area is 95.8 Å².